The number of unbranched alkanes of at least 4 members (excludes halogenated alkanes) is 1. The molecule has 0 aromatic carbocycles. The van der Waals surface area contributed by atoms with Gasteiger partial charge in [0.15, 0.2) is 0 Å². The Kier molecular flexibility index (Phi) is 4.44. The largest absolute Gasteiger partial charge is 0.465 e. The first kappa shape index (κ1) is 13.9. The summed E-state index contributed by atoms with van der Waals surface area (Å²) >= 11 is 0. The third-order valence-corrected chi connectivity index (χ3v) is 3.06. The van der Waals surface area contributed by atoms with E-state index in [1.165, 1.54) is 0 Å². The molecule has 7 heteroatoms. The predicted molar refractivity (Wildman–Crippen MR) is 60.2 cm³/mol. The van der Waals surface area contributed by atoms with Gasteiger partial charge in [-0.05, 0) is 19.4 Å². The molecule has 0 saturated carbocycles. The van der Waals surface area contributed by atoms with Crippen LogP contribution in [0.3, 0.4) is 0 Å². The molecule has 1 saturated heterocycles. The molecule has 1 unspecified atom stereocenters. The number of hydrogen-bond acceptors (Lipinski definition) is 5. The Morgan fingerprint density at radius 1 is 1.41 bits per heavy atom. The van der Waals surface area contributed by atoms with Gasteiger partial charge in [-0.2, -0.15) is 0 Å². The van der Waals surface area contributed by atoms with E-state index < -0.39 is 23.6 Å². The molecule has 17 heavy (non-hydrogen) atoms. The van der Waals surface area contributed by atoms with Gasteiger partial charge >= 0.3 is 6.09 Å². The molecular formula is C10H19N3O4. The summed E-state index contributed by atoms with van der Waals surface area (Å²) in [7, 11) is 0. The quantitative estimate of drug-likeness (QED) is 0.448. The highest BCUT2D eigenvalue weighted by atomic mass is 16.4. The third-order valence-electron chi connectivity index (χ3n) is 3.06. The summed E-state index contributed by atoms with van der Waals surface area (Å²) in [4.78, 5) is 23.3. The van der Waals surface area contributed by atoms with Crippen molar-refractivity contribution in [2.75, 3.05) is 13.1 Å². The Morgan fingerprint density at radius 2 is 2.06 bits per heavy atom. The molecule has 1 amide bonds. The van der Waals surface area contributed by atoms with Crippen LogP contribution < -0.4 is 11.5 Å². The first-order valence-corrected chi connectivity index (χ1v) is 5.66. The molecule has 0 aliphatic carbocycles. The molecule has 98 valence electrons. The second kappa shape index (κ2) is 5.44. The van der Waals surface area contributed by atoms with Gasteiger partial charge in [0.25, 0.3) is 0 Å². The molecular weight excluding hydrogens is 226 g/mol. The Balaban J connectivity index is 2.54. The van der Waals surface area contributed by atoms with E-state index in [-0.39, 0.29) is 13.0 Å². The standard InChI is InChI=1S/C10H19N3O4/c11-5-2-1-3-7(12)8(14)10(17)4-6-13(10)9(15)16/h7,17H,1-6,11-12H2,(H,15,16)/t7-,10?/m0/s1. The van der Waals surface area contributed by atoms with Crippen LogP contribution >= 0.6 is 0 Å². The molecule has 1 aliphatic rings. The minimum Gasteiger partial charge on any atom is -0.465 e. The van der Waals surface area contributed by atoms with Crippen molar-refractivity contribution in [1.82, 2.24) is 4.90 Å². The number of nitrogens with zero attached hydrogens (tertiary/aromatic N) is 1. The number of carboxylic acid groups (broad SMARTS) is 1. The van der Waals surface area contributed by atoms with E-state index in [1.54, 1.807) is 0 Å². The Labute approximate surface area is 99.4 Å². The van der Waals surface area contributed by atoms with Gasteiger partial charge in [0.2, 0.25) is 11.5 Å². The molecule has 2 atom stereocenters. The summed E-state index contributed by atoms with van der Waals surface area (Å²) in [6, 6.07) is -0.839. The molecule has 0 bridgehead atoms. The number of likely N-dealkylation sites (tertiary alicyclic amines) is 1. The summed E-state index contributed by atoms with van der Waals surface area (Å²) in [5, 5.41) is 18.7. The average Bonchev–Trinajstić information content (AvgIpc) is 2.24. The zero-order chi connectivity index (χ0) is 13.1. The van der Waals surface area contributed by atoms with Crippen LogP contribution in [0.1, 0.15) is 25.7 Å². The zero-order valence-corrected chi connectivity index (χ0v) is 9.63. The predicted octanol–water partition coefficient (Wildman–Crippen LogP) is -0.916. The van der Waals surface area contributed by atoms with Crippen LogP contribution in [-0.4, -0.2) is 51.8 Å². The highest BCUT2D eigenvalue weighted by Crippen LogP contribution is 2.30. The van der Waals surface area contributed by atoms with Crippen molar-refractivity contribution < 1.29 is 19.8 Å². The highest BCUT2D eigenvalue weighted by Gasteiger charge is 2.53. The van der Waals surface area contributed by atoms with E-state index >= 15 is 0 Å². The van der Waals surface area contributed by atoms with Gasteiger partial charge in [-0.15, -0.1) is 0 Å². The lowest BCUT2D eigenvalue weighted by Gasteiger charge is -2.46. The van der Waals surface area contributed by atoms with Crippen LogP contribution in [0, 0.1) is 0 Å². The van der Waals surface area contributed by atoms with Crippen molar-refractivity contribution >= 4 is 11.9 Å². The molecule has 1 rings (SSSR count). The van der Waals surface area contributed by atoms with Crippen molar-refractivity contribution in [3.8, 4) is 0 Å². The molecule has 0 aromatic rings. The van der Waals surface area contributed by atoms with Crippen LogP contribution in [0.5, 0.6) is 0 Å². The molecule has 1 aliphatic heterocycles. The van der Waals surface area contributed by atoms with Crippen LogP contribution in [0.4, 0.5) is 4.79 Å². The van der Waals surface area contributed by atoms with E-state index in [1.807, 2.05) is 0 Å². The SMILES string of the molecule is NCCCC[C@H](N)C(=O)C1(O)CCN1C(=O)O. The number of rotatable bonds is 6. The fourth-order valence-corrected chi connectivity index (χ4v) is 1.88. The number of nitrogens with two attached hydrogens (primary N) is 2. The summed E-state index contributed by atoms with van der Waals surface area (Å²) in [6.07, 6.45) is 0.657. The van der Waals surface area contributed by atoms with Crippen molar-refractivity contribution in [2.45, 2.75) is 37.5 Å². The lowest BCUT2D eigenvalue weighted by molar-refractivity contribution is -0.182. The number of carbonyl (C=O) groups excluding carboxylic acids is 1. The Morgan fingerprint density at radius 3 is 2.47 bits per heavy atom. The summed E-state index contributed by atoms with van der Waals surface area (Å²) in [5.41, 5.74) is 9.04. The van der Waals surface area contributed by atoms with Crippen LogP contribution in [0.2, 0.25) is 0 Å². The topological polar surface area (TPSA) is 130 Å². The molecule has 1 fully saturated rings. The number of hydrogen-bond donors (Lipinski definition) is 4. The van der Waals surface area contributed by atoms with Crippen LogP contribution in [0.15, 0.2) is 0 Å². The molecule has 7 nitrogen and oxygen atoms in total. The third kappa shape index (κ3) is 2.74. The fourth-order valence-electron chi connectivity index (χ4n) is 1.88. The number of aliphatic hydroxyl groups is 1. The minimum absolute atomic E-state index is 0.114. The van der Waals surface area contributed by atoms with Crippen LogP contribution in [-0.2, 0) is 4.79 Å². The molecule has 0 radical (unpaired) electrons. The van der Waals surface area contributed by atoms with Crippen molar-refractivity contribution in [3.63, 3.8) is 0 Å². The van der Waals surface area contributed by atoms with Gasteiger partial charge in [-0.3, -0.25) is 9.69 Å². The second-order valence-electron chi connectivity index (χ2n) is 4.26. The van der Waals surface area contributed by atoms with Gasteiger partial charge < -0.3 is 21.7 Å². The number of amides is 1. The zero-order valence-electron chi connectivity index (χ0n) is 9.63. The van der Waals surface area contributed by atoms with Gasteiger partial charge in [-0.25, -0.2) is 4.79 Å². The van der Waals surface area contributed by atoms with Gasteiger partial charge in [-0.1, -0.05) is 6.42 Å². The lowest BCUT2D eigenvalue weighted by atomic mass is 9.88. The lowest BCUT2D eigenvalue weighted by Crippen LogP contribution is -2.69. The smallest absolute Gasteiger partial charge is 0.409 e. The summed E-state index contributed by atoms with van der Waals surface area (Å²) < 4.78 is 0. The van der Waals surface area contributed by atoms with Crippen molar-refractivity contribution in [1.29, 1.82) is 0 Å². The van der Waals surface area contributed by atoms with Gasteiger partial charge in [0, 0.05) is 13.0 Å². The average molecular weight is 245 g/mol. The van der Waals surface area contributed by atoms with Crippen molar-refractivity contribution in [2.24, 2.45) is 11.5 Å². The van der Waals surface area contributed by atoms with Gasteiger partial charge in [0.05, 0.1) is 6.04 Å². The normalized spacial score (nSPS) is 25.2. The first-order chi connectivity index (χ1) is 7.93. The Bertz CT molecular complexity index is 310. The molecule has 1 heterocycles. The first-order valence-electron chi connectivity index (χ1n) is 5.66. The van der Waals surface area contributed by atoms with Gasteiger partial charge in [0.1, 0.15) is 0 Å². The maximum atomic E-state index is 11.8. The van der Waals surface area contributed by atoms with Crippen molar-refractivity contribution in [3.05, 3.63) is 0 Å². The summed E-state index contributed by atoms with van der Waals surface area (Å²) in [5.74, 6) is -0.622. The van der Waals surface area contributed by atoms with E-state index in [0.717, 1.165) is 11.3 Å². The minimum atomic E-state index is -1.92. The van der Waals surface area contributed by atoms with E-state index in [2.05, 4.69) is 0 Å². The molecule has 0 aromatic heterocycles. The van der Waals surface area contributed by atoms with E-state index in [0.29, 0.717) is 19.4 Å². The number of carbonyl (C=O) groups is 2. The molecule has 6 N–H and O–H groups in total. The van der Waals surface area contributed by atoms with E-state index in [4.69, 9.17) is 16.6 Å². The maximum absolute atomic E-state index is 11.8. The number of ketones is 1. The monoisotopic (exact) mass is 245 g/mol. The second-order valence-corrected chi connectivity index (χ2v) is 4.26. The Hall–Kier alpha value is -1.18. The summed E-state index contributed by atoms with van der Waals surface area (Å²) in [6.45, 7) is 0.680. The van der Waals surface area contributed by atoms with E-state index in [9.17, 15) is 14.7 Å². The highest BCUT2D eigenvalue weighted by molar-refractivity contribution is 5.94. The number of Topliss-reactive ketones (excluding diaryl/α,β-unsaturated/α-hetero) is 1. The van der Waals surface area contributed by atoms with Crippen LogP contribution in [0.25, 0.3) is 0 Å². The fraction of sp³-hybridized carbons (Fsp3) is 0.800. The molecule has 0 spiro atoms. The maximum Gasteiger partial charge on any atom is 0.409 e.